The van der Waals surface area contributed by atoms with E-state index in [0.717, 1.165) is 17.9 Å². The van der Waals surface area contributed by atoms with Crippen molar-refractivity contribution in [3.63, 3.8) is 0 Å². The van der Waals surface area contributed by atoms with E-state index in [2.05, 4.69) is 22.3 Å². The molecule has 1 aliphatic heterocycles. The van der Waals surface area contributed by atoms with Gasteiger partial charge in [-0.05, 0) is 40.9 Å². The fourth-order valence-electron chi connectivity index (χ4n) is 2.19. The van der Waals surface area contributed by atoms with Gasteiger partial charge in [-0.2, -0.15) is 11.3 Å². The lowest BCUT2D eigenvalue weighted by molar-refractivity contribution is 0.0620. The predicted molar refractivity (Wildman–Crippen MR) is 75.5 cm³/mol. The molecular weight excluding hydrogens is 260 g/mol. The highest BCUT2D eigenvalue weighted by atomic mass is 32.1. The predicted octanol–water partition coefficient (Wildman–Crippen LogP) is 1.96. The highest BCUT2D eigenvalue weighted by Gasteiger charge is 2.28. The van der Waals surface area contributed by atoms with Gasteiger partial charge in [-0.25, -0.2) is 0 Å². The zero-order valence-electron chi connectivity index (χ0n) is 10.4. The molecule has 0 radical (unpaired) electrons. The van der Waals surface area contributed by atoms with Gasteiger partial charge < -0.3 is 9.47 Å². The third-order valence-corrected chi connectivity index (χ3v) is 3.96. The summed E-state index contributed by atoms with van der Waals surface area (Å²) in [5.74, 6) is 7.24. The summed E-state index contributed by atoms with van der Waals surface area (Å²) in [6, 6.07) is 9.84. The lowest BCUT2D eigenvalue weighted by Crippen LogP contribution is -2.51. The molecule has 19 heavy (non-hydrogen) atoms. The Balaban J connectivity index is 1.72. The summed E-state index contributed by atoms with van der Waals surface area (Å²) in [4.78, 5) is 0. The second-order valence-electron chi connectivity index (χ2n) is 4.52. The lowest BCUT2D eigenvalue weighted by atomic mass is 10.0. The summed E-state index contributed by atoms with van der Waals surface area (Å²) in [6.45, 7) is 0.510. The van der Waals surface area contributed by atoms with E-state index in [1.165, 1.54) is 5.56 Å². The molecule has 3 rings (SSSR count). The van der Waals surface area contributed by atoms with Gasteiger partial charge in [-0.3, -0.25) is 11.3 Å². The lowest BCUT2D eigenvalue weighted by Gasteiger charge is -2.31. The number of ether oxygens (including phenoxy) is 2. The van der Waals surface area contributed by atoms with Gasteiger partial charge in [0, 0.05) is 0 Å². The Morgan fingerprint density at radius 3 is 2.89 bits per heavy atom. The van der Waals surface area contributed by atoms with Gasteiger partial charge in [0.25, 0.3) is 0 Å². The van der Waals surface area contributed by atoms with E-state index >= 15 is 0 Å². The average molecular weight is 276 g/mol. The minimum atomic E-state index is -0.0835. The molecule has 100 valence electrons. The molecule has 4 nitrogen and oxygen atoms in total. The number of nitrogens with two attached hydrogens (primary N) is 1. The molecule has 0 spiro atoms. The first-order chi connectivity index (χ1) is 9.36. The number of hydrogen-bond donors (Lipinski definition) is 2. The number of hydrogen-bond acceptors (Lipinski definition) is 5. The van der Waals surface area contributed by atoms with Crippen LogP contribution in [0.4, 0.5) is 0 Å². The third kappa shape index (κ3) is 2.73. The van der Waals surface area contributed by atoms with Crippen molar-refractivity contribution in [2.24, 2.45) is 5.84 Å². The van der Waals surface area contributed by atoms with E-state index in [1.807, 2.05) is 24.3 Å². The number of benzene rings is 1. The Hall–Kier alpha value is -1.56. The van der Waals surface area contributed by atoms with Crippen molar-refractivity contribution in [2.45, 2.75) is 18.6 Å². The molecular formula is C14H16N2O2S. The Labute approximate surface area is 116 Å². The van der Waals surface area contributed by atoms with Crippen LogP contribution >= 0.6 is 11.3 Å². The molecule has 2 unspecified atom stereocenters. The zero-order chi connectivity index (χ0) is 13.1. The molecule has 2 aromatic rings. The molecule has 0 saturated carbocycles. The molecule has 2 atom stereocenters. The normalized spacial score (nSPS) is 19.1. The number of para-hydroxylation sites is 2. The first kappa shape index (κ1) is 12.5. The van der Waals surface area contributed by atoms with Gasteiger partial charge in [0.05, 0.1) is 6.04 Å². The van der Waals surface area contributed by atoms with Crippen LogP contribution in [-0.2, 0) is 6.42 Å². The number of nitrogens with one attached hydrogen (secondary N) is 1. The molecule has 1 aliphatic rings. The van der Waals surface area contributed by atoms with E-state index in [9.17, 15) is 0 Å². The molecule has 0 fully saturated rings. The van der Waals surface area contributed by atoms with Crippen LogP contribution < -0.4 is 20.7 Å². The topological polar surface area (TPSA) is 56.5 Å². The number of hydrazine groups is 1. The smallest absolute Gasteiger partial charge is 0.161 e. The highest BCUT2D eigenvalue weighted by Crippen LogP contribution is 2.31. The summed E-state index contributed by atoms with van der Waals surface area (Å²) >= 11 is 1.69. The fourth-order valence-corrected chi connectivity index (χ4v) is 2.88. The van der Waals surface area contributed by atoms with Crippen LogP contribution in [0.5, 0.6) is 11.5 Å². The van der Waals surface area contributed by atoms with E-state index in [-0.39, 0.29) is 12.1 Å². The maximum Gasteiger partial charge on any atom is 0.161 e. The molecule has 0 amide bonds. The maximum absolute atomic E-state index is 5.97. The number of fused-ring (bicyclic) bond motifs is 1. The monoisotopic (exact) mass is 276 g/mol. The zero-order valence-corrected chi connectivity index (χ0v) is 11.2. The van der Waals surface area contributed by atoms with Crippen molar-refractivity contribution in [1.29, 1.82) is 0 Å². The van der Waals surface area contributed by atoms with Crippen LogP contribution in [0.1, 0.15) is 5.56 Å². The summed E-state index contributed by atoms with van der Waals surface area (Å²) in [6.07, 6.45) is 0.746. The summed E-state index contributed by atoms with van der Waals surface area (Å²) < 4.78 is 11.7. The fraction of sp³-hybridized carbons (Fsp3) is 0.286. The maximum atomic E-state index is 5.97. The van der Waals surface area contributed by atoms with Crippen molar-refractivity contribution in [2.75, 3.05) is 6.61 Å². The van der Waals surface area contributed by atoms with Crippen LogP contribution in [0, 0.1) is 0 Å². The Kier molecular flexibility index (Phi) is 3.68. The Morgan fingerprint density at radius 2 is 2.16 bits per heavy atom. The van der Waals surface area contributed by atoms with Crippen molar-refractivity contribution < 1.29 is 9.47 Å². The van der Waals surface area contributed by atoms with Gasteiger partial charge in [0.15, 0.2) is 11.5 Å². The largest absolute Gasteiger partial charge is 0.486 e. The SMILES string of the molecule is NNC(Cc1ccsc1)C1COc2ccccc2O1. The number of rotatable bonds is 4. The van der Waals surface area contributed by atoms with Gasteiger partial charge >= 0.3 is 0 Å². The molecule has 0 saturated heterocycles. The van der Waals surface area contributed by atoms with Crippen molar-refractivity contribution in [3.05, 3.63) is 46.7 Å². The molecule has 2 heterocycles. The van der Waals surface area contributed by atoms with Crippen LogP contribution in [0.2, 0.25) is 0 Å². The average Bonchev–Trinajstić information content (AvgIpc) is 2.97. The minimum Gasteiger partial charge on any atom is -0.486 e. The summed E-state index contributed by atoms with van der Waals surface area (Å²) in [7, 11) is 0. The quantitative estimate of drug-likeness (QED) is 0.662. The first-order valence-electron chi connectivity index (χ1n) is 6.22. The first-order valence-corrected chi connectivity index (χ1v) is 7.17. The van der Waals surface area contributed by atoms with Gasteiger partial charge in [0.2, 0.25) is 0 Å². The van der Waals surface area contributed by atoms with Crippen molar-refractivity contribution >= 4 is 11.3 Å². The molecule has 0 bridgehead atoms. The van der Waals surface area contributed by atoms with Crippen LogP contribution in [0.25, 0.3) is 0 Å². The van der Waals surface area contributed by atoms with Crippen LogP contribution in [0.15, 0.2) is 41.1 Å². The molecule has 0 aliphatic carbocycles. The molecule has 1 aromatic heterocycles. The van der Waals surface area contributed by atoms with Gasteiger partial charge in [0.1, 0.15) is 12.7 Å². The Morgan fingerprint density at radius 1 is 1.32 bits per heavy atom. The Bertz CT molecular complexity index is 530. The van der Waals surface area contributed by atoms with Gasteiger partial charge in [-0.1, -0.05) is 12.1 Å². The van der Waals surface area contributed by atoms with E-state index in [1.54, 1.807) is 11.3 Å². The summed E-state index contributed by atoms with van der Waals surface area (Å²) in [5, 5.41) is 4.19. The van der Waals surface area contributed by atoms with Crippen molar-refractivity contribution in [1.82, 2.24) is 5.43 Å². The van der Waals surface area contributed by atoms with E-state index in [4.69, 9.17) is 15.3 Å². The second-order valence-corrected chi connectivity index (χ2v) is 5.30. The highest BCUT2D eigenvalue weighted by molar-refractivity contribution is 7.07. The summed E-state index contributed by atoms with van der Waals surface area (Å²) in [5.41, 5.74) is 4.10. The standard InChI is InChI=1S/C14H16N2O2S/c15-16-11(7-10-5-6-19-9-10)14-8-17-12-3-1-2-4-13(12)18-14/h1-6,9,11,14,16H,7-8,15H2. The van der Waals surface area contributed by atoms with Gasteiger partial charge in [-0.15, -0.1) is 0 Å². The van der Waals surface area contributed by atoms with Crippen LogP contribution in [-0.4, -0.2) is 18.8 Å². The van der Waals surface area contributed by atoms with E-state index < -0.39 is 0 Å². The van der Waals surface area contributed by atoms with Crippen molar-refractivity contribution in [3.8, 4) is 11.5 Å². The van der Waals surface area contributed by atoms with Crippen LogP contribution in [0.3, 0.4) is 0 Å². The van der Waals surface area contributed by atoms with E-state index in [0.29, 0.717) is 6.61 Å². The minimum absolute atomic E-state index is 0.0305. The molecule has 5 heteroatoms. The second kappa shape index (κ2) is 5.61. The molecule has 1 aromatic carbocycles. The third-order valence-electron chi connectivity index (χ3n) is 3.23. The molecule has 3 N–H and O–H groups in total. The number of thiophene rings is 1.